The number of alkyl halides is 3. The van der Waals surface area contributed by atoms with Crippen molar-refractivity contribution in [2.75, 3.05) is 16.2 Å². The van der Waals surface area contributed by atoms with Gasteiger partial charge in [-0.3, -0.25) is 9.62 Å². The van der Waals surface area contributed by atoms with Gasteiger partial charge in [0.1, 0.15) is 11.9 Å². The van der Waals surface area contributed by atoms with E-state index in [2.05, 4.69) is 20.3 Å². The summed E-state index contributed by atoms with van der Waals surface area (Å²) in [5.74, 6) is -0.473. The molecule has 0 aliphatic carbocycles. The van der Waals surface area contributed by atoms with Gasteiger partial charge >= 0.3 is 18.0 Å². The number of anilines is 2. The molecule has 1 aromatic heterocycles. The Morgan fingerprint density at radius 1 is 1.15 bits per heavy atom. The monoisotopic (exact) mass is 598 g/mol. The maximum absolute atomic E-state index is 13.8. The number of carbonyl (C=O) groups excluding carboxylic acids is 1. The van der Waals surface area contributed by atoms with Crippen molar-refractivity contribution < 1.29 is 40.3 Å². The van der Waals surface area contributed by atoms with Crippen LogP contribution in [0, 0.1) is 6.92 Å². The third kappa shape index (κ3) is 6.34. The van der Waals surface area contributed by atoms with E-state index < -0.39 is 45.2 Å². The van der Waals surface area contributed by atoms with Crippen LogP contribution in [0.15, 0.2) is 56.6 Å². The molecule has 0 fully saturated rings. The van der Waals surface area contributed by atoms with Gasteiger partial charge in [0, 0.05) is 11.1 Å². The van der Waals surface area contributed by atoms with Crippen molar-refractivity contribution >= 4 is 27.5 Å². The van der Waals surface area contributed by atoms with Crippen LogP contribution < -0.4 is 20.1 Å². The van der Waals surface area contributed by atoms with E-state index in [1.165, 1.54) is 30.3 Å². The Bertz CT molecular complexity index is 1600. The number of aryl methyl sites for hydroxylation is 1. The summed E-state index contributed by atoms with van der Waals surface area (Å²) >= 11 is 0. The van der Waals surface area contributed by atoms with Gasteiger partial charge in [0.15, 0.2) is 0 Å². The minimum absolute atomic E-state index is 0.00282. The topological polar surface area (TPSA) is 144 Å². The van der Waals surface area contributed by atoms with Gasteiger partial charge in [-0.15, -0.1) is 5.10 Å². The number of aromatic nitrogens is 2. The van der Waals surface area contributed by atoms with E-state index in [0.29, 0.717) is 13.8 Å². The number of aromatic amines is 1. The molecular weight excluding hydrogens is 569 g/mol. The molecule has 15 heteroatoms. The number of nitrogens with one attached hydrogen (secondary N) is 2. The van der Waals surface area contributed by atoms with E-state index in [1.54, 1.807) is 26.0 Å². The highest BCUT2D eigenvalue weighted by Crippen LogP contribution is 2.41. The fraction of sp³-hybridized carbons (Fsp3) is 0.423. The summed E-state index contributed by atoms with van der Waals surface area (Å²) in [6.07, 6.45) is -6.72. The fourth-order valence-corrected chi connectivity index (χ4v) is 5.67. The predicted molar refractivity (Wildman–Crippen MR) is 142 cm³/mol. The summed E-state index contributed by atoms with van der Waals surface area (Å²) in [7, 11) is -4.17. The van der Waals surface area contributed by atoms with E-state index >= 15 is 0 Å². The number of ether oxygens (including phenoxy) is 2. The molecule has 222 valence electrons. The lowest BCUT2D eigenvalue weighted by Crippen LogP contribution is -2.46. The van der Waals surface area contributed by atoms with Gasteiger partial charge in [-0.2, -0.15) is 13.2 Å². The highest BCUT2D eigenvalue weighted by molar-refractivity contribution is 7.92. The van der Waals surface area contributed by atoms with Crippen molar-refractivity contribution in [2.24, 2.45) is 0 Å². The van der Waals surface area contributed by atoms with E-state index in [4.69, 9.17) is 9.15 Å². The summed E-state index contributed by atoms with van der Waals surface area (Å²) < 4.78 is 84.1. The Balaban J connectivity index is 1.68. The number of carbonyl (C=O) groups is 1. The maximum atomic E-state index is 13.8. The van der Waals surface area contributed by atoms with Crippen LogP contribution in [-0.2, 0) is 20.2 Å². The van der Waals surface area contributed by atoms with Crippen molar-refractivity contribution in [1.29, 1.82) is 0 Å². The first kappa shape index (κ1) is 30.0. The van der Waals surface area contributed by atoms with Crippen molar-refractivity contribution in [3.63, 3.8) is 0 Å². The van der Waals surface area contributed by atoms with Crippen molar-refractivity contribution in [2.45, 2.75) is 69.2 Å². The van der Waals surface area contributed by atoms with E-state index in [9.17, 15) is 31.2 Å². The Labute approximate surface area is 233 Å². The van der Waals surface area contributed by atoms with E-state index in [-0.39, 0.29) is 40.9 Å². The van der Waals surface area contributed by atoms with Gasteiger partial charge < -0.3 is 13.9 Å². The SMILES string of the molecule is Cc1ccc(S(=O)(=O)N2C[C@H](CC(C)(C)c3n[nH]c(=O)o3)Oc3ccc(NC(=O)OC(C)(C)C(F)(F)F)cc32)cc1. The third-order valence-corrected chi connectivity index (χ3v) is 8.33. The molecule has 0 bridgehead atoms. The highest BCUT2D eigenvalue weighted by Gasteiger charge is 2.51. The molecular formula is C26H29F3N4O7S. The molecule has 41 heavy (non-hydrogen) atoms. The van der Waals surface area contributed by atoms with Crippen LogP contribution in [0.5, 0.6) is 5.75 Å². The molecule has 1 atom stereocenters. The first-order valence-corrected chi connectivity index (χ1v) is 13.9. The van der Waals surface area contributed by atoms with Crippen molar-refractivity contribution in [3.8, 4) is 5.75 Å². The number of sulfonamides is 1. The van der Waals surface area contributed by atoms with Crippen LogP contribution in [0.1, 0.15) is 45.6 Å². The molecule has 1 aliphatic rings. The molecule has 1 amide bonds. The van der Waals surface area contributed by atoms with Crippen LogP contribution in [0.4, 0.5) is 29.3 Å². The second-order valence-electron chi connectivity index (χ2n) is 10.8. The third-order valence-electron chi connectivity index (χ3n) is 6.53. The lowest BCUT2D eigenvalue weighted by Gasteiger charge is -2.38. The van der Waals surface area contributed by atoms with Gasteiger partial charge in [0.05, 0.1) is 17.1 Å². The minimum Gasteiger partial charge on any atom is -0.486 e. The molecule has 1 aliphatic heterocycles. The largest absolute Gasteiger partial charge is 0.486 e. The average molecular weight is 599 g/mol. The molecule has 11 nitrogen and oxygen atoms in total. The zero-order valence-electron chi connectivity index (χ0n) is 22.8. The molecule has 4 rings (SSSR count). The molecule has 3 aromatic rings. The Kier molecular flexibility index (Phi) is 7.62. The smallest absolute Gasteiger partial charge is 0.434 e. The van der Waals surface area contributed by atoms with Crippen LogP contribution in [-0.4, -0.2) is 49.1 Å². The Morgan fingerprint density at radius 2 is 1.80 bits per heavy atom. The number of hydrogen-bond acceptors (Lipinski definition) is 8. The molecule has 0 saturated heterocycles. The Hall–Kier alpha value is -4.01. The lowest BCUT2D eigenvalue weighted by molar-refractivity contribution is -0.242. The quantitative estimate of drug-likeness (QED) is 0.392. The summed E-state index contributed by atoms with van der Waals surface area (Å²) in [4.78, 5) is 23.8. The number of halogens is 3. The van der Waals surface area contributed by atoms with Gasteiger partial charge in [0.25, 0.3) is 10.0 Å². The van der Waals surface area contributed by atoms with Gasteiger partial charge in [-0.1, -0.05) is 31.5 Å². The van der Waals surface area contributed by atoms with Crippen molar-refractivity contribution in [3.05, 3.63) is 64.5 Å². The van der Waals surface area contributed by atoms with Crippen LogP contribution in [0.2, 0.25) is 0 Å². The number of benzene rings is 2. The van der Waals surface area contributed by atoms with Gasteiger partial charge in [0.2, 0.25) is 11.5 Å². The highest BCUT2D eigenvalue weighted by atomic mass is 32.2. The molecule has 0 spiro atoms. The van der Waals surface area contributed by atoms with Gasteiger partial charge in [-0.25, -0.2) is 23.1 Å². The normalized spacial score (nSPS) is 16.1. The minimum atomic E-state index is -4.81. The lowest BCUT2D eigenvalue weighted by atomic mass is 9.86. The average Bonchev–Trinajstić information content (AvgIpc) is 3.30. The molecule has 2 N–H and O–H groups in total. The fourth-order valence-electron chi connectivity index (χ4n) is 4.17. The van der Waals surface area contributed by atoms with Crippen LogP contribution in [0.3, 0.4) is 0 Å². The summed E-state index contributed by atoms with van der Waals surface area (Å²) in [5.41, 5.74) is -2.71. The summed E-state index contributed by atoms with van der Waals surface area (Å²) in [5, 5.41) is 8.31. The molecule has 2 heterocycles. The second kappa shape index (κ2) is 10.4. The molecule has 0 unspecified atom stereocenters. The first-order valence-electron chi connectivity index (χ1n) is 12.4. The van der Waals surface area contributed by atoms with Crippen LogP contribution >= 0.6 is 0 Å². The van der Waals surface area contributed by atoms with Crippen molar-refractivity contribution in [1.82, 2.24) is 10.2 Å². The predicted octanol–water partition coefficient (Wildman–Crippen LogP) is 4.88. The Morgan fingerprint density at radius 3 is 2.39 bits per heavy atom. The number of H-pyrrole nitrogens is 1. The number of amides is 1. The number of rotatable bonds is 7. The first-order chi connectivity index (χ1) is 18.9. The van der Waals surface area contributed by atoms with Gasteiger partial charge in [-0.05, 0) is 57.5 Å². The molecule has 0 radical (unpaired) electrons. The number of hydrogen-bond donors (Lipinski definition) is 2. The molecule has 0 saturated carbocycles. The van der Waals surface area contributed by atoms with Crippen LogP contribution in [0.25, 0.3) is 0 Å². The second-order valence-corrected chi connectivity index (χ2v) is 12.7. The zero-order chi connectivity index (χ0) is 30.4. The number of fused-ring (bicyclic) bond motifs is 1. The summed E-state index contributed by atoms with van der Waals surface area (Å²) in [6.45, 7) is 6.56. The van der Waals surface area contributed by atoms with E-state index in [1.807, 2.05) is 6.92 Å². The standard InChI is InChI=1S/C26H29F3N4O7S/c1-15-6-9-18(10-7-15)41(36,37)33-14-17(13-24(2,3)21-31-32-23(35)39-21)38-20-11-8-16(12-19(20)33)30-22(34)40-25(4,5)26(27,28)29/h6-12,17H,13-14H2,1-5H3,(H,30,34)(H,32,35)/t17-/m0/s1. The maximum Gasteiger partial charge on any atom is 0.434 e. The van der Waals surface area contributed by atoms with E-state index in [0.717, 1.165) is 9.87 Å². The molecule has 2 aromatic carbocycles. The summed E-state index contributed by atoms with van der Waals surface area (Å²) in [6, 6.07) is 10.2. The number of nitrogens with zero attached hydrogens (tertiary/aromatic N) is 2. The zero-order valence-corrected chi connectivity index (χ0v) is 23.6.